The molecule has 2 rings (SSSR count). The SMILES string of the molecule is Cc1ncccc1C(N)Cc1ccc(C(C)(C)C)cc1. The molecule has 0 bridgehead atoms. The smallest absolute Gasteiger partial charge is 0.0420 e. The van der Waals surface area contributed by atoms with E-state index in [0.29, 0.717) is 0 Å². The second kappa shape index (κ2) is 5.76. The van der Waals surface area contributed by atoms with Gasteiger partial charge in [0.05, 0.1) is 0 Å². The van der Waals surface area contributed by atoms with Gasteiger partial charge in [0.15, 0.2) is 0 Å². The molecule has 2 N–H and O–H groups in total. The minimum atomic E-state index is 0.00388. The van der Waals surface area contributed by atoms with E-state index in [-0.39, 0.29) is 11.5 Å². The van der Waals surface area contributed by atoms with Crippen molar-refractivity contribution in [2.75, 3.05) is 0 Å². The van der Waals surface area contributed by atoms with Crippen molar-refractivity contribution in [3.05, 3.63) is 65.0 Å². The average Bonchev–Trinajstić information content (AvgIpc) is 2.38. The van der Waals surface area contributed by atoms with Crippen molar-refractivity contribution >= 4 is 0 Å². The summed E-state index contributed by atoms with van der Waals surface area (Å²) >= 11 is 0. The zero-order valence-electron chi connectivity index (χ0n) is 12.9. The first kappa shape index (κ1) is 14.7. The largest absolute Gasteiger partial charge is 0.324 e. The summed E-state index contributed by atoms with van der Waals surface area (Å²) < 4.78 is 0. The van der Waals surface area contributed by atoms with Crippen LogP contribution in [0.25, 0.3) is 0 Å². The van der Waals surface area contributed by atoms with Gasteiger partial charge in [0.2, 0.25) is 0 Å². The van der Waals surface area contributed by atoms with Crippen molar-refractivity contribution in [2.24, 2.45) is 5.73 Å². The topological polar surface area (TPSA) is 38.9 Å². The molecule has 2 aromatic rings. The first-order chi connectivity index (χ1) is 9.38. The van der Waals surface area contributed by atoms with Crippen LogP contribution in [0.15, 0.2) is 42.6 Å². The molecule has 0 saturated heterocycles. The number of rotatable bonds is 3. The van der Waals surface area contributed by atoms with Crippen molar-refractivity contribution in [1.29, 1.82) is 0 Å². The number of hydrogen-bond acceptors (Lipinski definition) is 2. The Morgan fingerprint density at radius 3 is 2.30 bits per heavy atom. The van der Waals surface area contributed by atoms with Crippen LogP contribution in [0.2, 0.25) is 0 Å². The molecule has 0 aliphatic carbocycles. The van der Waals surface area contributed by atoms with Crippen LogP contribution >= 0.6 is 0 Å². The molecular weight excluding hydrogens is 244 g/mol. The molecule has 1 unspecified atom stereocenters. The molecule has 106 valence electrons. The third kappa shape index (κ3) is 3.45. The first-order valence-corrected chi connectivity index (χ1v) is 7.14. The lowest BCUT2D eigenvalue weighted by molar-refractivity contribution is 0.589. The Labute approximate surface area is 122 Å². The van der Waals surface area contributed by atoms with Gasteiger partial charge in [-0.2, -0.15) is 0 Å². The molecule has 1 atom stereocenters. The Morgan fingerprint density at radius 2 is 1.75 bits per heavy atom. The van der Waals surface area contributed by atoms with Gasteiger partial charge in [-0.15, -0.1) is 0 Å². The molecule has 2 nitrogen and oxygen atoms in total. The van der Waals surface area contributed by atoms with Crippen LogP contribution in [0.1, 0.15) is 49.2 Å². The maximum absolute atomic E-state index is 6.31. The molecule has 0 spiro atoms. The monoisotopic (exact) mass is 268 g/mol. The second-order valence-corrected chi connectivity index (χ2v) is 6.44. The molecule has 0 radical (unpaired) electrons. The number of aryl methyl sites for hydroxylation is 1. The predicted octanol–water partition coefficient (Wildman–Crippen LogP) is 3.93. The summed E-state index contributed by atoms with van der Waals surface area (Å²) in [7, 11) is 0. The Morgan fingerprint density at radius 1 is 1.10 bits per heavy atom. The zero-order chi connectivity index (χ0) is 14.8. The predicted molar refractivity (Wildman–Crippen MR) is 84.7 cm³/mol. The van der Waals surface area contributed by atoms with E-state index in [9.17, 15) is 0 Å². The molecule has 1 aromatic heterocycles. The van der Waals surface area contributed by atoms with Gasteiger partial charge in [0.25, 0.3) is 0 Å². The van der Waals surface area contributed by atoms with Gasteiger partial charge in [0.1, 0.15) is 0 Å². The lowest BCUT2D eigenvalue weighted by Gasteiger charge is -2.20. The van der Waals surface area contributed by atoms with Crippen LogP contribution in [0, 0.1) is 6.92 Å². The van der Waals surface area contributed by atoms with E-state index < -0.39 is 0 Å². The number of aromatic nitrogens is 1. The molecule has 0 aliphatic rings. The molecule has 20 heavy (non-hydrogen) atoms. The fourth-order valence-electron chi connectivity index (χ4n) is 2.39. The molecule has 0 aliphatic heterocycles. The van der Waals surface area contributed by atoms with Crippen LogP contribution in [0.4, 0.5) is 0 Å². The van der Waals surface area contributed by atoms with Gasteiger partial charge in [0, 0.05) is 17.9 Å². The molecule has 0 amide bonds. The van der Waals surface area contributed by atoms with E-state index in [4.69, 9.17) is 5.73 Å². The zero-order valence-corrected chi connectivity index (χ0v) is 12.9. The van der Waals surface area contributed by atoms with E-state index >= 15 is 0 Å². The number of hydrogen-bond donors (Lipinski definition) is 1. The number of nitrogens with zero attached hydrogens (tertiary/aromatic N) is 1. The fourth-order valence-corrected chi connectivity index (χ4v) is 2.39. The lowest BCUT2D eigenvalue weighted by atomic mass is 9.86. The van der Waals surface area contributed by atoms with Gasteiger partial charge < -0.3 is 5.73 Å². The van der Waals surface area contributed by atoms with Crippen molar-refractivity contribution in [2.45, 2.75) is 45.6 Å². The summed E-state index contributed by atoms with van der Waals surface area (Å²) in [5.41, 5.74) is 11.3. The Balaban J connectivity index is 2.13. The number of benzene rings is 1. The third-order valence-electron chi connectivity index (χ3n) is 3.72. The molecule has 1 heterocycles. The summed E-state index contributed by atoms with van der Waals surface area (Å²) in [6.45, 7) is 8.70. The van der Waals surface area contributed by atoms with Gasteiger partial charge in [-0.25, -0.2) is 0 Å². The van der Waals surface area contributed by atoms with Crippen LogP contribution < -0.4 is 5.73 Å². The minimum Gasteiger partial charge on any atom is -0.324 e. The Bertz CT molecular complexity index is 565. The van der Waals surface area contributed by atoms with Crippen molar-refractivity contribution in [3.8, 4) is 0 Å². The van der Waals surface area contributed by atoms with Gasteiger partial charge >= 0.3 is 0 Å². The van der Waals surface area contributed by atoms with Gasteiger partial charge in [-0.3, -0.25) is 4.98 Å². The minimum absolute atomic E-state index is 0.00388. The van der Waals surface area contributed by atoms with E-state index in [2.05, 4.69) is 56.1 Å². The first-order valence-electron chi connectivity index (χ1n) is 7.14. The Kier molecular flexibility index (Phi) is 4.24. The van der Waals surface area contributed by atoms with E-state index in [0.717, 1.165) is 17.7 Å². The fraction of sp³-hybridized carbons (Fsp3) is 0.389. The molecule has 0 fully saturated rings. The molecular formula is C18H24N2. The summed E-state index contributed by atoms with van der Waals surface area (Å²) in [6.07, 6.45) is 2.65. The van der Waals surface area contributed by atoms with E-state index in [1.165, 1.54) is 11.1 Å². The lowest BCUT2D eigenvalue weighted by Crippen LogP contribution is -2.15. The summed E-state index contributed by atoms with van der Waals surface area (Å²) in [5.74, 6) is 0. The highest BCUT2D eigenvalue weighted by Crippen LogP contribution is 2.24. The summed E-state index contributed by atoms with van der Waals surface area (Å²) in [4.78, 5) is 4.31. The van der Waals surface area contributed by atoms with E-state index in [1.54, 1.807) is 0 Å². The summed E-state index contributed by atoms with van der Waals surface area (Å²) in [5, 5.41) is 0. The Hall–Kier alpha value is -1.67. The van der Waals surface area contributed by atoms with Gasteiger partial charge in [-0.05, 0) is 41.5 Å². The third-order valence-corrected chi connectivity index (χ3v) is 3.72. The highest BCUT2D eigenvalue weighted by atomic mass is 14.7. The van der Waals surface area contributed by atoms with Crippen LogP contribution in [-0.2, 0) is 11.8 Å². The number of nitrogens with two attached hydrogens (primary N) is 1. The van der Waals surface area contributed by atoms with Crippen molar-refractivity contribution in [3.63, 3.8) is 0 Å². The van der Waals surface area contributed by atoms with Crippen molar-refractivity contribution < 1.29 is 0 Å². The van der Waals surface area contributed by atoms with E-state index in [1.807, 2.05) is 19.2 Å². The standard InChI is InChI=1S/C18H24N2/c1-13-16(6-5-11-20-13)17(19)12-14-7-9-15(10-8-14)18(2,3)4/h5-11,17H,12,19H2,1-4H3. The molecule has 1 aromatic carbocycles. The second-order valence-electron chi connectivity index (χ2n) is 6.44. The van der Waals surface area contributed by atoms with Crippen LogP contribution in [-0.4, -0.2) is 4.98 Å². The van der Waals surface area contributed by atoms with Crippen LogP contribution in [0.5, 0.6) is 0 Å². The maximum Gasteiger partial charge on any atom is 0.0420 e. The number of pyridine rings is 1. The highest BCUT2D eigenvalue weighted by molar-refractivity contribution is 5.30. The molecule has 2 heteroatoms. The molecule has 0 saturated carbocycles. The van der Waals surface area contributed by atoms with Crippen LogP contribution in [0.3, 0.4) is 0 Å². The quantitative estimate of drug-likeness (QED) is 0.916. The average molecular weight is 268 g/mol. The van der Waals surface area contributed by atoms with Crippen molar-refractivity contribution in [1.82, 2.24) is 4.98 Å². The maximum atomic E-state index is 6.31. The normalized spacial score (nSPS) is 13.2. The summed E-state index contributed by atoms with van der Waals surface area (Å²) in [6, 6.07) is 12.8. The van der Waals surface area contributed by atoms with Gasteiger partial charge in [-0.1, -0.05) is 51.1 Å². The highest BCUT2D eigenvalue weighted by Gasteiger charge is 2.14.